The van der Waals surface area contributed by atoms with Crippen molar-refractivity contribution in [2.75, 3.05) is 13.1 Å². The number of hydrogen-bond donors (Lipinski definition) is 1. The average molecular weight is 384 g/mol. The van der Waals surface area contributed by atoms with E-state index in [4.69, 9.17) is 5.11 Å². The Morgan fingerprint density at radius 1 is 1.30 bits per heavy atom. The average Bonchev–Trinajstić information content (AvgIpc) is 3.19. The summed E-state index contributed by atoms with van der Waals surface area (Å²) in [4.78, 5) is 24.6. The van der Waals surface area contributed by atoms with Crippen molar-refractivity contribution >= 4 is 11.9 Å². The minimum absolute atomic E-state index is 0.0344. The van der Waals surface area contributed by atoms with Gasteiger partial charge in [-0.3, -0.25) is 4.79 Å². The fourth-order valence-corrected chi connectivity index (χ4v) is 2.81. The highest BCUT2D eigenvalue weighted by molar-refractivity contribution is 5.94. The van der Waals surface area contributed by atoms with Crippen molar-refractivity contribution in [3.05, 3.63) is 35.7 Å². The molecule has 1 aromatic carbocycles. The lowest BCUT2D eigenvalue weighted by molar-refractivity contribution is -0.149. The summed E-state index contributed by atoms with van der Waals surface area (Å²) in [6, 6.07) is 5.55. The van der Waals surface area contributed by atoms with Crippen molar-refractivity contribution in [3.63, 3.8) is 0 Å². The minimum Gasteiger partial charge on any atom is -0.479 e. The number of carboxylic acids is 1. The monoisotopic (exact) mass is 384 g/mol. The van der Waals surface area contributed by atoms with Crippen LogP contribution in [0.1, 0.15) is 22.6 Å². The molecule has 1 aromatic heterocycles. The number of carboxylic acid groups (broad SMARTS) is 1. The molecule has 0 aliphatic carbocycles. The Morgan fingerprint density at radius 3 is 2.52 bits per heavy atom. The summed E-state index contributed by atoms with van der Waals surface area (Å²) in [7, 11) is 0. The first-order chi connectivity index (χ1) is 12.7. The standard InChI is InChI=1S/C16H15F3N4O4/c1-9-12(13(24)22-7-6-16(19,8-22)14(25)26)20-21-23(9)10-2-4-11(5-3-10)27-15(17)18/h2-5,15H,6-8H2,1H3,(H,25,26). The molecule has 1 unspecified atom stereocenters. The number of nitrogens with zero attached hydrogens (tertiary/aromatic N) is 4. The predicted molar refractivity (Wildman–Crippen MR) is 84.7 cm³/mol. The molecule has 1 aliphatic heterocycles. The number of carbonyl (C=O) groups is 2. The number of rotatable bonds is 5. The van der Waals surface area contributed by atoms with Crippen molar-refractivity contribution in [2.45, 2.75) is 25.6 Å². The van der Waals surface area contributed by atoms with Crippen molar-refractivity contribution in [2.24, 2.45) is 0 Å². The molecule has 1 atom stereocenters. The van der Waals surface area contributed by atoms with E-state index >= 15 is 0 Å². The van der Waals surface area contributed by atoms with Crippen LogP contribution in [0, 0.1) is 6.92 Å². The first-order valence-electron chi connectivity index (χ1n) is 7.90. The van der Waals surface area contributed by atoms with E-state index in [1.54, 1.807) is 6.92 Å². The minimum atomic E-state index is -2.94. The number of alkyl halides is 3. The molecule has 8 nitrogen and oxygen atoms in total. The molecule has 144 valence electrons. The van der Waals surface area contributed by atoms with Crippen LogP contribution in [0.3, 0.4) is 0 Å². The highest BCUT2D eigenvalue weighted by atomic mass is 19.3. The Bertz CT molecular complexity index is 871. The van der Waals surface area contributed by atoms with E-state index in [1.807, 2.05) is 0 Å². The lowest BCUT2D eigenvalue weighted by Gasteiger charge is -2.16. The Hall–Kier alpha value is -3.11. The zero-order valence-corrected chi connectivity index (χ0v) is 14.1. The highest BCUT2D eigenvalue weighted by Crippen LogP contribution is 2.27. The first kappa shape index (κ1) is 18.7. The van der Waals surface area contributed by atoms with Crippen molar-refractivity contribution in [3.8, 4) is 11.4 Å². The summed E-state index contributed by atoms with van der Waals surface area (Å²) < 4.78 is 44.1. The van der Waals surface area contributed by atoms with Crippen LogP contribution in [0.15, 0.2) is 24.3 Å². The number of aliphatic carboxylic acids is 1. The Morgan fingerprint density at radius 2 is 1.96 bits per heavy atom. The molecular formula is C16H15F3N4O4. The number of carbonyl (C=O) groups excluding carboxylic acids is 1. The first-order valence-corrected chi connectivity index (χ1v) is 7.90. The van der Waals surface area contributed by atoms with E-state index in [9.17, 15) is 22.8 Å². The van der Waals surface area contributed by atoms with Crippen LogP contribution in [-0.4, -0.2) is 62.2 Å². The molecule has 0 spiro atoms. The summed E-state index contributed by atoms with van der Waals surface area (Å²) in [5, 5.41) is 16.6. The quantitative estimate of drug-likeness (QED) is 0.845. The number of likely N-dealkylation sites (tertiary alicyclic amines) is 1. The van der Waals surface area contributed by atoms with Crippen molar-refractivity contribution < 1.29 is 32.6 Å². The van der Waals surface area contributed by atoms with Gasteiger partial charge in [0.2, 0.25) is 5.67 Å². The van der Waals surface area contributed by atoms with E-state index in [1.165, 1.54) is 28.9 Å². The number of halogens is 3. The summed E-state index contributed by atoms with van der Waals surface area (Å²) in [6.45, 7) is -1.99. The van der Waals surface area contributed by atoms with Crippen LogP contribution in [0.5, 0.6) is 5.75 Å². The molecule has 0 radical (unpaired) electrons. The molecule has 1 aliphatic rings. The van der Waals surface area contributed by atoms with Gasteiger partial charge in [-0.05, 0) is 31.2 Å². The lowest BCUT2D eigenvalue weighted by atomic mass is 10.1. The Kier molecular flexibility index (Phi) is 4.77. The second-order valence-corrected chi connectivity index (χ2v) is 6.05. The molecular weight excluding hydrogens is 369 g/mol. The third kappa shape index (κ3) is 3.57. The molecule has 3 rings (SSSR count). The van der Waals surface area contributed by atoms with Crippen LogP contribution < -0.4 is 4.74 Å². The van der Waals surface area contributed by atoms with Crippen LogP contribution in [0.4, 0.5) is 13.2 Å². The second-order valence-electron chi connectivity index (χ2n) is 6.05. The van der Waals surface area contributed by atoms with Crippen LogP contribution >= 0.6 is 0 Å². The summed E-state index contributed by atoms with van der Waals surface area (Å²) in [6.07, 6.45) is -0.299. The van der Waals surface area contributed by atoms with Gasteiger partial charge in [0.1, 0.15) is 5.75 Å². The van der Waals surface area contributed by atoms with Gasteiger partial charge in [-0.1, -0.05) is 5.21 Å². The smallest absolute Gasteiger partial charge is 0.387 e. The summed E-state index contributed by atoms with van der Waals surface area (Å²) in [5.74, 6) is -2.27. The van der Waals surface area contributed by atoms with E-state index < -0.39 is 30.7 Å². The van der Waals surface area contributed by atoms with Crippen LogP contribution in [0.2, 0.25) is 0 Å². The maximum absolute atomic E-state index is 14.2. The molecule has 0 saturated carbocycles. The molecule has 1 saturated heterocycles. The largest absolute Gasteiger partial charge is 0.479 e. The maximum Gasteiger partial charge on any atom is 0.387 e. The molecule has 2 aromatic rings. The van der Waals surface area contributed by atoms with Crippen molar-refractivity contribution in [1.29, 1.82) is 0 Å². The summed E-state index contributed by atoms with van der Waals surface area (Å²) >= 11 is 0. The van der Waals surface area contributed by atoms with Gasteiger partial charge in [0.25, 0.3) is 5.91 Å². The highest BCUT2D eigenvalue weighted by Gasteiger charge is 2.47. The molecule has 1 amide bonds. The Balaban J connectivity index is 1.79. The normalized spacial score (nSPS) is 19.5. The maximum atomic E-state index is 14.2. The third-order valence-corrected chi connectivity index (χ3v) is 4.29. The number of amides is 1. The van der Waals surface area contributed by atoms with Gasteiger partial charge in [0.15, 0.2) is 5.69 Å². The number of hydrogen-bond acceptors (Lipinski definition) is 5. The topological polar surface area (TPSA) is 97.5 Å². The molecule has 1 N–H and O–H groups in total. The zero-order valence-electron chi connectivity index (χ0n) is 14.1. The number of benzene rings is 1. The third-order valence-electron chi connectivity index (χ3n) is 4.29. The van der Waals surface area contributed by atoms with E-state index in [0.29, 0.717) is 11.4 Å². The second kappa shape index (κ2) is 6.89. The summed E-state index contributed by atoms with van der Waals surface area (Å²) in [5.41, 5.74) is -1.72. The van der Waals surface area contributed by atoms with Crippen LogP contribution in [-0.2, 0) is 4.79 Å². The van der Waals surface area contributed by atoms with Crippen molar-refractivity contribution in [1.82, 2.24) is 19.9 Å². The fraction of sp³-hybridized carbons (Fsp3) is 0.375. The molecule has 0 bridgehead atoms. The van der Waals surface area contributed by atoms with Gasteiger partial charge in [-0.15, -0.1) is 5.10 Å². The lowest BCUT2D eigenvalue weighted by Crippen LogP contribution is -2.39. The van der Waals surface area contributed by atoms with E-state index in [2.05, 4.69) is 15.0 Å². The van der Waals surface area contributed by atoms with Gasteiger partial charge in [-0.25, -0.2) is 13.9 Å². The number of aromatic nitrogens is 3. The van der Waals surface area contributed by atoms with Gasteiger partial charge >= 0.3 is 12.6 Å². The fourth-order valence-electron chi connectivity index (χ4n) is 2.81. The molecule has 2 heterocycles. The van der Waals surface area contributed by atoms with Gasteiger partial charge in [-0.2, -0.15) is 8.78 Å². The zero-order chi connectivity index (χ0) is 19.8. The van der Waals surface area contributed by atoms with Gasteiger partial charge in [0.05, 0.1) is 17.9 Å². The Labute approximate surface area is 151 Å². The predicted octanol–water partition coefficient (Wildman–Crippen LogP) is 1.82. The number of ether oxygens (including phenoxy) is 1. The van der Waals surface area contributed by atoms with E-state index in [-0.39, 0.29) is 24.4 Å². The van der Waals surface area contributed by atoms with Crippen LogP contribution in [0.25, 0.3) is 5.69 Å². The van der Waals surface area contributed by atoms with E-state index in [0.717, 1.165) is 4.90 Å². The van der Waals surface area contributed by atoms with Gasteiger partial charge < -0.3 is 14.7 Å². The molecule has 1 fully saturated rings. The SMILES string of the molecule is Cc1c(C(=O)N2CCC(F)(C(=O)O)C2)nnn1-c1ccc(OC(F)F)cc1. The molecule has 27 heavy (non-hydrogen) atoms. The van der Waals surface area contributed by atoms with Gasteiger partial charge in [0, 0.05) is 13.0 Å². The molecule has 11 heteroatoms.